The van der Waals surface area contributed by atoms with E-state index in [1.54, 1.807) is 12.1 Å². The third kappa shape index (κ3) is 4.40. The molecule has 0 aromatic heterocycles. The molecule has 1 heterocycles. The minimum Gasteiger partial charge on any atom is -0.491 e. The fraction of sp³-hybridized carbons (Fsp3) is 0.214. The van der Waals surface area contributed by atoms with Gasteiger partial charge in [-0.1, -0.05) is 42.0 Å². The van der Waals surface area contributed by atoms with E-state index in [1.807, 2.05) is 89.2 Å². The number of hydrogen-bond donors (Lipinski definition) is 1. The summed E-state index contributed by atoms with van der Waals surface area (Å²) in [4.78, 5) is 28.4. The molecule has 5 heteroatoms. The Balaban J connectivity index is 1.80. The molecule has 3 aromatic rings. The number of imide groups is 1. The predicted octanol–water partition coefficient (Wildman–Crippen LogP) is 5.80. The van der Waals surface area contributed by atoms with Gasteiger partial charge in [-0.15, -0.1) is 0 Å². The Labute approximate surface area is 194 Å². The second kappa shape index (κ2) is 8.94. The van der Waals surface area contributed by atoms with Gasteiger partial charge in [-0.25, -0.2) is 4.90 Å². The summed E-state index contributed by atoms with van der Waals surface area (Å²) in [5.41, 5.74) is 5.81. The number of amides is 2. The summed E-state index contributed by atoms with van der Waals surface area (Å²) in [5.74, 6) is -0.0120. The van der Waals surface area contributed by atoms with Crippen molar-refractivity contribution in [2.45, 2.75) is 40.7 Å². The van der Waals surface area contributed by atoms with Gasteiger partial charge in [0.05, 0.1) is 17.4 Å². The smallest absolute Gasteiger partial charge is 0.282 e. The largest absolute Gasteiger partial charge is 0.491 e. The summed E-state index contributed by atoms with van der Waals surface area (Å²) in [7, 11) is 0. The van der Waals surface area contributed by atoms with Crippen molar-refractivity contribution in [2.75, 3.05) is 10.2 Å². The Morgan fingerprint density at radius 3 is 2.12 bits per heavy atom. The maximum absolute atomic E-state index is 13.6. The van der Waals surface area contributed by atoms with Crippen LogP contribution in [0.25, 0.3) is 5.57 Å². The first kappa shape index (κ1) is 22.3. The molecular formula is C28H28N2O3. The number of hydrogen-bond acceptors (Lipinski definition) is 4. The number of nitrogens with zero attached hydrogens (tertiary/aromatic N) is 1. The van der Waals surface area contributed by atoms with E-state index in [0.29, 0.717) is 22.6 Å². The van der Waals surface area contributed by atoms with Gasteiger partial charge in [-0.2, -0.15) is 0 Å². The molecule has 2 amide bonds. The van der Waals surface area contributed by atoms with E-state index in [2.05, 4.69) is 5.32 Å². The van der Waals surface area contributed by atoms with Crippen LogP contribution in [0, 0.1) is 20.8 Å². The van der Waals surface area contributed by atoms with Crippen LogP contribution in [0.4, 0.5) is 11.4 Å². The van der Waals surface area contributed by atoms with Crippen molar-refractivity contribution in [3.8, 4) is 5.75 Å². The summed E-state index contributed by atoms with van der Waals surface area (Å²) < 4.78 is 5.74. The maximum atomic E-state index is 13.6. The van der Waals surface area contributed by atoms with Crippen molar-refractivity contribution < 1.29 is 14.3 Å². The van der Waals surface area contributed by atoms with Crippen LogP contribution in [-0.4, -0.2) is 17.9 Å². The number of aryl methyl sites for hydroxylation is 2. The first-order valence-corrected chi connectivity index (χ1v) is 11.1. The fourth-order valence-corrected chi connectivity index (χ4v) is 3.84. The Bertz CT molecular complexity index is 1240. The van der Waals surface area contributed by atoms with Crippen molar-refractivity contribution in [3.05, 3.63) is 94.7 Å². The minimum atomic E-state index is -0.373. The van der Waals surface area contributed by atoms with Crippen LogP contribution in [0.2, 0.25) is 0 Å². The highest BCUT2D eigenvalue weighted by molar-refractivity contribution is 6.46. The normalized spacial score (nSPS) is 13.8. The van der Waals surface area contributed by atoms with Gasteiger partial charge in [0.2, 0.25) is 0 Å². The fourth-order valence-electron chi connectivity index (χ4n) is 3.84. The quantitative estimate of drug-likeness (QED) is 0.493. The number of carbonyl (C=O) groups excluding carboxylic acids is 2. The summed E-state index contributed by atoms with van der Waals surface area (Å²) >= 11 is 0. The van der Waals surface area contributed by atoms with Crippen molar-refractivity contribution in [3.63, 3.8) is 0 Å². The van der Waals surface area contributed by atoms with Crippen molar-refractivity contribution in [1.82, 2.24) is 0 Å². The molecule has 0 unspecified atom stereocenters. The Kier molecular flexibility index (Phi) is 6.05. The van der Waals surface area contributed by atoms with Gasteiger partial charge in [-0.05, 0) is 81.6 Å². The molecule has 168 valence electrons. The molecule has 5 nitrogen and oxygen atoms in total. The summed E-state index contributed by atoms with van der Waals surface area (Å²) in [6, 6.07) is 20.5. The van der Waals surface area contributed by atoms with Gasteiger partial charge in [0.15, 0.2) is 0 Å². The van der Waals surface area contributed by atoms with Gasteiger partial charge in [0.1, 0.15) is 11.4 Å². The van der Waals surface area contributed by atoms with E-state index in [9.17, 15) is 9.59 Å². The molecule has 4 rings (SSSR count). The van der Waals surface area contributed by atoms with Gasteiger partial charge in [0.25, 0.3) is 11.8 Å². The molecule has 0 atom stereocenters. The number of rotatable bonds is 6. The van der Waals surface area contributed by atoms with Crippen LogP contribution in [0.3, 0.4) is 0 Å². The lowest BCUT2D eigenvalue weighted by atomic mass is 10.0. The van der Waals surface area contributed by atoms with Gasteiger partial charge >= 0.3 is 0 Å². The van der Waals surface area contributed by atoms with Crippen LogP contribution < -0.4 is 15.0 Å². The van der Waals surface area contributed by atoms with E-state index in [0.717, 1.165) is 22.4 Å². The molecule has 33 heavy (non-hydrogen) atoms. The minimum absolute atomic E-state index is 0.0447. The zero-order valence-corrected chi connectivity index (χ0v) is 19.6. The number of benzene rings is 3. The van der Waals surface area contributed by atoms with Crippen LogP contribution in [0.5, 0.6) is 5.75 Å². The highest BCUT2D eigenvalue weighted by Crippen LogP contribution is 2.35. The lowest BCUT2D eigenvalue weighted by Crippen LogP contribution is -2.32. The summed E-state index contributed by atoms with van der Waals surface area (Å²) in [6.07, 6.45) is 0.0447. The first-order chi connectivity index (χ1) is 15.8. The molecular weight excluding hydrogens is 412 g/mol. The second-order valence-corrected chi connectivity index (χ2v) is 8.59. The lowest BCUT2D eigenvalue weighted by Gasteiger charge is -2.16. The third-order valence-corrected chi connectivity index (χ3v) is 5.76. The molecule has 1 aliphatic rings. The predicted molar refractivity (Wildman–Crippen MR) is 132 cm³/mol. The molecule has 0 aliphatic carbocycles. The van der Waals surface area contributed by atoms with Crippen LogP contribution in [0.15, 0.2) is 72.4 Å². The van der Waals surface area contributed by atoms with Crippen molar-refractivity contribution >= 4 is 28.8 Å². The molecule has 0 bridgehead atoms. The molecule has 1 aliphatic heterocycles. The molecule has 0 spiro atoms. The molecule has 0 saturated heterocycles. The van der Waals surface area contributed by atoms with Gasteiger partial charge in [-0.3, -0.25) is 9.59 Å². The van der Waals surface area contributed by atoms with Gasteiger partial charge in [0, 0.05) is 5.69 Å². The average Bonchev–Trinajstić information content (AvgIpc) is 3.02. The number of nitrogens with one attached hydrogen (secondary N) is 1. The Hall–Kier alpha value is -3.86. The molecule has 0 fully saturated rings. The Morgan fingerprint density at radius 2 is 1.48 bits per heavy atom. The standard InChI is InChI=1S/C28H28N2O3/c1-17(2)33-23-15-11-21(12-16-23)25-26(29-24-8-6-7-19(4)20(24)5)28(32)30(27(25)31)22-13-9-18(3)10-14-22/h6-17,29H,1-5H3. The van der Waals surface area contributed by atoms with Crippen molar-refractivity contribution in [2.24, 2.45) is 0 Å². The molecule has 0 radical (unpaired) electrons. The van der Waals surface area contributed by atoms with E-state index in [-0.39, 0.29) is 23.6 Å². The highest BCUT2D eigenvalue weighted by atomic mass is 16.5. The molecule has 0 saturated carbocycles. The first-order valence-electron chi connectivity index (χ1n) is 11.1. The number of carbonyl (C=O) groups is 2. The maximum Gasteiger partial charge on any atom is 0.282 e. The van der Waals surface area contributed by atoms with E-state index in [1.165, 1.54) is 4.90 Å². The third-order valence-electron chi connectivity index (χ3n) is 5.76. The average molecular weight is 441 g/mol. The highest BCUT2D eigenvalue weighted by Gasteiger charge is 2.40. The monoisotopic (exact) mass is 440 g/mol. The second-order valence-electron chi connectivity index (χ2n) is 8.59. The zero-order chi connectivity index (χ0) is 23.7. The summed E-state index contributed by atoms with van der Waals surface area (Å²) in [5, 5.41) is 3.27. The van der Waals surface area contributed by atoms with E-state index >= 15 is 0 Å². The van der Waals surface area contributed by atoms with E-state index < -0.39 is 0 Å². The zero-order valence-electron chi connectivity index (χ0n) is 19.6. The summed E-state index contributed by atoms with van der Waals surface area (Å²) in [6.45, 7) is 9.90. The van der Waals surface area contributed by atoms with Crippen LogP contribution in [0.1, 0.15) is 36.1 Å². The Morgan fingerprint density at radius 1 is 0.818 bits per heavy atom. The molecule has 3 aromatic carbocycles. The van der Waals surface area contributed by atoms with Gasteiger partial charge < -0.3 is 10.1 Å². The van der Waals surface area contributed by atoms with Crippen LogP contribution in [-0.2, 0) is 9.59 Å². The topological polar surface area (TPSA) is 58.6 Å². The van der Waals surface area contributed by atoms with Crippen LogP contribution >= 0.6 is 0 Å². The SMILES string of the molecule is Cc1ccc(N2C(=O)C(Nc3cccc(C)c3C)=C(c3ccc(OC(C)C)cc3)C2=O)cc1. The van der Waals surface area contributed by atoms with E-state index in [4.69, 9.17) is 4.74 Å². The lowest BCUT2D eigenvalue weighted by molar-refractivity contribution is -0.120. The number of ether oxygens (including phenoxy) is 1. The molecule has 1 N–H and O–H groups in total. The van der Waals surface area contributed by atoms with Crippen molar-refractivity contribution in [1.29, 1.82) is 0 Å². The number of anilines is 2.